The smallest absolute Gasteiger partial charge is 0.239 e. The molecule has 5 nitrogen and oxygen atoms in total. The second kappa shape index (κ2) is 6.32. The van der Waals surface area contributed by atoms with Crippen LogP contribution in [0.25, 0.3) is 0 Å². The Labute approximate surface area is 130 Å². The molecular weight excluding hydrogens is 276 g/mol. The van der Waals surface area contributed by atoms with E-state index in [4.69, 9.17) is 0 Å². The number of amides is 1. The van der Waals surface area contributed by atoms with Crippen LogP contribution in [0.15, 0.2) is 36.5 Å². The minimum atomic E-state index is -0.0238. The van der Waals surface area contributed by atoms with Gasteiger partial charge in [0.15, 0.2) is 5.82 Å². The molecule has 0 radical (unpaired) electrons. The Balaban J connectivity index is 1.65. The van der Waals surface area contributed by atoms with Crippen LogP contribution in [0.3, 0.4) is 0 Å². The number of nitrogens with one attached hydrogen (secondary N) is 1. The predicted octanol–water partition coefficient (Wildman–Crippen LogP) is 2.37. The lowest BCUT2D eigenvalue weighted by Crippen LogP contribution is -2.35. The topological polar surface area (TPSA) is 50.2 Å². The zero-order chi connectivity index (χ0) is 15.5. The van der Waals surface area contributed by atoms with Gasteiger partial charge in [0.05, 0.1) is 6.54 Å². The summed E-state index contributed by atoms with van der Waals surface area (Å²) < 4.78 is 1.68. The number of fused-ring (bicyclic) bond motifs is 1. The number of benzene rings is 1. The monoisotopic (exact) mass is 298 g/mol. The van der Waals surface area contributed by atoms with Gasteiger partial charge in [-0.3, -0.25) is 14.4 Å². The molecule has 1 aromatic carbocycles. The fraction of sp³-hybridized carbons (Fsp3) is 0.412. The lowest BCUT2D eigenvalue weighted by atomic mass is 9.87. The third-order valence-corrected chi connectivity index (χ3v) is 4.24. The van der Waals surface area contributed by atoms with Crippen molar-refractivity contribution in [3.8, 4) is 0 Å². The zero-order valence-corrected chi connectivity index (χ0v) is 13.1. The van der Waals surface area contributed by atoms with Crippen molar-refractivity contribution in [1.29, 1.82) is 0 Å². The minimum absolute atomic E-state index is 0.0238. The molecular formula is C17H22N4O. The molecule has 5 heteroatoms. The van der Waals surface area contributed by atoms with Crippen molar-refractivity contribution < 1.29 is 4.79 Å². The highest BCUT2D eigenvalue weighted by Crippen LogP contribution is 2.33. The zero-order valence-electron chi connectivity index (χ0n) is 13.1. The number of carbonyl (C=O) groups excluding carboxylic acids is 1. The molecule has 22 heavy (non-hydrogen) atoms. The van der Waals surface area contributed by atoms with E-state index in [1.165, 1.54) is 17.5 Å². The van der Waals surface area contributed by atoms with Crippen molar-refractivity contribution in [2.45, 2.75) is 25.3 Å². The summed E-state index contributed by atoms with van der Waals surface area (Å²) in [5.74, 6) is 0.578. The number of rotatable bonds is 4. The summed E-state index contributed by atoms with van der Waals surface area (Å²) in [7, 11) is 3.85. The van der Waals surface area contributed by atoms with Crippen molar-refractivity contribution in [2.75, 3.05) is 18.9 Å². The summed E-state index contributed by atoms with van der Waals surface area (Å²) in [5.41, 5.74) is 2.78. The molecule has 0 bridgehead atoms. The molecule has 0 unspecified atom stereocenters. The van der Waals surface area contributed by atoms with Gasteiger partial charge in [-0.15, -0.1) is 0 Å². The molecule has 0 spiro atoms. The molecule has 1 atom stereocenters. The van der Waals surface area contributed by atoms with Crippen LogP contribution in [0, 0.1) is 0 Å². The van der Waals surface area contributed by atoms with Crippen molar-refractivity contribution in [3.05, 3.63) is 47.7 Å². The van der Waals surface area contributed by atoms with Crippen molar-refractivity contribution in [1.82, 2.24) is 14.7 Å². The molecule has 116 valence electrons. The highest BCUT2D eigenvalue weighted by molar-refractivity contribution is 5.91. The molecule has 0 aliphatic heterocycles. The first-order chi connectivity index (χ1) is 10.6. The fourth-order valence-corrected chi connectivity index (χ4v) is 3.19. The molecule has 2 aromatic rings. The Morgan fingerprint density at radius 1 is 1.41 bits per heavy atom. The number of carbonyl (C=O) groups is 1. The third-order valence-electron chi connectivity index (χ3n) is 4.24. The number of likely N-dealkylation sites (N-methyl/N-ethyl adjacent to an activating group) is 1. The molecule has 0 fully saturated rings. The number of hydrogen-bond donors (Lipinski definition) is 1. The van der Waals surface area contributed by atoms with E-state index in [0.29, 0.717) is 18.4 Å². The minimum Gasteiger partial charge on any atom is -0.308 e. The van der Waals surface area contributed by atoms with Crippen LogP contribution in [0.2, 0.25) is 0 Å². The van der Waals surface area contributed by atoms with Gasteiger partial charge in [-0.1, -0.05) is 24.3 Å². The van der Waals surface area contributed by atoms with E-state index in [2.05, 4.69) is 39.6 Å². The molecule has 1 N–H and O–H groups in total. The van der Waals surface area contributed by atoms with Gasteiger partial charge in [-0.05, 0) is 37.4 Å². The fourth-order valence-electron chi connectivity index (χ4n) is 3.19. The Hall–Kier alpha value is -2.14. The van der Waals surface area contributed by atoms with Gasteiger partial charge in [0.1, 0.15) is 0 Å². The molecule has 1 aromatic heterocycles. The summed E-state index contributed by atoms with van der Waals surface area (Å²) in [6, 6.07) is 10.7. The Bertz CT molecular complexity index is 664. The van der Waals surface area contributed by atoms with Gasteiger partial charge in [-0.2, -0.15) is 5.10 Å². The van der Waals surface area contributed by atoms with Crippen molar-refractivity contribution >= 4 is 11.7 Å². The lowest BCUT2D eigenvalue weighted by Gasteiger charge is -2.32. The molecule has 3 rings (SSSR count). The first kappa shape index (κ1) is 14.8. The summed E-state index contributed by atoms with van der Waals surface area (Å²) in [6.07, 6.45) is 5.23. The van der Waals surface area contributed by atoms with Gasteiger partial charge < -0.3 is 5.32 Å². The molecule has 0 saturated carbocycles. The van der Waals surface area contributed by atoms with Gasteiger partial charge in [0, 0.05) is 25.4 Å². The molecule has 1 heterocycles. The van der Waals surface area contributed by atoms with E-state index in [1.807, 2.05) is 20.3 Å². The summed E-state index contributed by atoms with van der Waals surface area (Å²) in [4.78, 5) is 14.3. The van der Waals surface area contributed by atoms with Crippen LogP contribution in [-0.2, 0) is 18.3 Å². The maximum absolute atomic E-state index is 12.2. The Morgan fingerprint density at radius 2 is 2.23 bits per heavy atom. The standard InChI is InChI=1S/C17H22N4O/c1-20(12-17(22)18-16-10-11-21(2)19-16)15-9-5-7-13-6-3-4-8-14(13)15/h3-4,6,8,10-11,15H,5,7,9,12H2,1-2H3,(H,18,19,22)/t15-/m0/s1. The maximum Gasteiger partial charge on any atom is 0.239 e. The average Bonchev–Trinajstić information content (AvgIpc) is 2.91. The molecule has 1 aliphatic carbocycles. The second-order valence-corrected chi connectivity index (χ2v) is 5.94. The van der Waals surface area contributed by atoms with E-state index in [-0.39, 0.29) is 5.91 Å². The molecule has 0 saturated heterocycles. The van der Waals surface area contributed by atoms with Crippen LogP contribution in [0.5, 0.6) is 0 Å². The SMILES string of the molecule is CN(CC(=O)Nc1ccn(C)n1)[C@H]1CCCc2ccccc21. The summed E-state index contributed by atoms with van der Waals surface area (Å²) >= 11 is 0. The average molecular weight is 298 g/mol. The number of aryl methyl sites for hydroxylation is 2. The molecule has 1 aliphatic rings. The number of aromatic nitrogens is 2. The second-order valence-electron chi connectivity index (χ2n) is 5.94. The summed E-state index contributed by atoms with van der Waals surface area (Å²) in [6.45, 7) is 0.371. The van der Waals surface area contributed by atoms with Crippen molar-refractivity contribution in [3.63, 3.8) is 0 Å². The van der Waals surface area contributed by atoms with Gasteiger partial charge in [0.25, 0.3) is 0 Å². The number of nitrogens with zero attached hydrogens (tertiary/aromatic N) is 3. The van der Waals surface area contributed by atoms with E-state index in [1.54, 1.807) is 10.7 Å². The van der Waals surface area contributed by atoms with Crippen LogP contribution >= 0.6 is 0 Å². The third kappa shape index (κ3) is 3.20. The van der Waals surface area contributed by atoms with Gasteiger partial charge >= 0.3 is 0 Å². The molecule has 1 amide bonds. The normalized spacial score (nSPS) is 17.3. The Morgan fingerprint density at radius 3 is 3.00 bits per heavy atom. The van der Waals surface area contributed by atoms with Gasteiger partial charge in [-0.25, -0.2) is 0 Å². The van der Waals surface area contributed by atoms with Crippen molar-refractivity contribution in [2.24, 2.45) is 7.05 Å². The van der Waals surface area contributed by atoms with Crippen LogP contribution in [-0.4, -0.2) is 34.2 Å². The van der Waals surface area contributed by atoms with Crippen LogP contribution < -0.4 is 5.32 Å². The van der Waals surface area contributed by atoms with E-state index in [0.717, 1.165) is 12.8 Å². The first-order valence-electron chi connectivity index (χ1n) is 7.71. The van der Waals surface area contributed by atoms with E-state index in [9.17, 15) is 4.79 Å². The highest BCUT2D eigenvalue weighted by Gasteiger charge is 2.24. The predicted molar refractivity (Wildman–Crippen MR) is 86.6 cm³/mol. The summed E-state index contributed by atoms with van der Waals surface area (Å²) in [5, 5.41) is 7.02. The highest BCUT2D eigenvalue weighted by atomic mass is 16.2. The van der Waals surface area contributed by atoms with E-state index < -0.39 is 0 Å². The van der Waals surface area contributed by atoms with Crippen LogP contribution in [0.4, 0.5) is 5.82 Å². The van der Waals surface area contributed by atoms with Gasteiger partial charge in [0.2, 0.25) is 5.91 Å². The first-order valence-corrected chi connectivity index (χ1v) is 7.71. The largest absolute Gasteiger partial charge is 0.308 e. The quantitative estimate of drug-likeness (QED) is 0.943. The maximum atomic E-state index is 12.2. The lowest BCUT2D eigenvalue weighted by molar-refractivity contribution is -0.117. The van der Waals surface area contributed by atoms with E-state index >= 15 is 0 Å². The number of anilines is 1. The van der Waals surface area contributed by atoms with Crippen LogP contribution in [0.1, 0.15) is 30.0 Å². The Kier molecular flexibility index (Phi) is 4.24. The number of hydrogen-bond acceptors (Lipinski definition) is 3.